The zero-order valence-electron chi connectivity index (χ0n) is 11.7. The summed E-state index contributed by atoms with van der Waals surface area (Å²) in [4.78, 5) is 17.8. The van der Waals surface area contributed by atoms with Gasteiger partial charge in [-0.15, -0.1) is 0 Å². The molecule has 0 atom stereocenters. The molecule has 0 aliphatic carbocycles. The van der Waals surface area contributed by atoms with Crippen molar-refractivity contribution in [3.8, 4) is 0 Å². The Labute approximate surface area is 112 Å². The molecule has 0 unspecified atom stereocenters. The van der Waals surface area contributed by atoms with Gasteiger partial charge in [0.1, 0.15) is 12.4 Å². The lowest BCUT2D eigenvalue weighted by Crippen LogP contribution is -2.31. The topological polar surface area (TPSA) is 55.3 Å². The van der Waals surface area contributed by atoms with Gasteiger partial charge in [-0.2, -0.15) is 4.37 Å². The fourth-order valence-corrected chi connectivity index (χ4v) is 2.26. The minimum atomic E-state index is -0.254. The summed E-state index contributed by atoms with van der Waals surface area (Å²) in [5.41, 5.74) is -0.0715. The van der Waals surface area contributed by atoms with Crippen LogP contribution in [-0.4, -0.2) is 35.5 Å². The van der Waals surface area contributed by atoms with Crippen LogP contribution in [-0.2, 0) is 14.9 Å². The molecule has 0 saturated carbocycles. The molecule has 1 aromatic heterocycles. The van der Waals surface area contributed by atoms with E-state index in [0.717, 1.165) is 23.9 Å². The third-order valence-electron chi connectivity index (χ3n) is 2.40. The smallest absolute Gasteiger partial charge is 0.325 e. The molecule has 0 aliphatic heterocycles. The van der Waals surface area contributed by atoms with Crippen molar-refractivity contribution < 1.29 is 9.53 Å². The van der Waals surface area contributed by atoms with E-state index in [9.17, 15) is 4.79 Å². The summed E-state index contributed by atoms with van der Waals surface area (Å²) in [6.45, 7) is 9.28. The summed E-state index contributed by atoms with van der Waals surface area (Å²) in [6, 6.07) is 0. The van der Waals surface area contributed by atoms with Gasteiger partial charge in [-0.05, 0) is 6.42 Å². The van der Waals surface area contributed by atoms with Gasteiger partial charge in [0.25, 0.3) is 0 Å². The predicted octanol–water partition coefficient (Wildman–Crippen LogP) is 2.22. The van der Waals surface area contributed by atoms with Crippen molar-refractivity contribution in [1.29, 1.82) is 0 Å². The van der Waals surface area contributed by atoms with Crippen LogP contribution in [0.5, 0.6) is 0 Å². The molecule has 102 valence electrons. The first-order chi connectivity index (χ1) is 8.38. The second kappa shape index (κ2) is 6.13. The molecule has 5 nitrogen and oxygen atoms in total. The molecule has 0 spiro atoms. The standard InChI is InChI=1S/C12H21N3O2S/c1-6-7-15(8-9(16)17-5)11-13-10(14-18-11)12(2,3)4/h6-8H2,1-5H3. The molecule has 0 fully saturated rings. The van der Waals surface area contributed by atoms with Gasteiger partial charge in [0.2, 0.25) is 5.13 Å². The monoisotopic (exact) mass is 271 g/mol. The van der Waals surface area contributed by atoms with Crippen LogP contribution < -0.4 is 4.90 Å². The SMILES string of the molecule is CCCN(CC(=O)OC)c1nc(C(C)(C)C)ns1. The van der Waals surface area contributed by atoms with Crippen LogP contribution in [0.4, 0.5) is 5.13 Å². The normalized spacial score (nSPS) is 11.4. The van der Waals surface area contributed by atoms with Gasteiger partial charge in [-0.3, -0.25) is 4.79 Å². The van der Waals surface area contributed by atoms with Gasteiger partial charge in [0, 0.05) is 23.5 Å². The van der Waals surface area contributed by atoms with Gasteiger partial charge >= 0.3 is 5.97 Å². The number of nitrogens with zero attached hydrogens (tertiary/aromatic N) is 3. The first-order valence-corrected chi connectivity index (χ1v) is 6.81. The molecule has 0 amide bonds. The number of ether oxygens (including phenoxy) is 1. The van der Waals surface area contributed by atoms with Crippen molar-refractivity contribution in [2.75, 3.05) is 25.1 Å². The zero-order chi connectivity index (χ0) is 13.8. The van der Waals surface area contributed by atoms with Gasteiger partial charge in [-0.1, -0.05) is 27.7 Å². The van der Waals surface area contributed by atoms with E-state index in [1.54, 1.807) is 0 Å². The Balaban J connectivity index is 2.85. The number of hydrogen-bond donors (Lipinski definition) is 0. The highest BCUT2D eigenvalue weighted by Gasteiger charge is 2.22. The highest BCUT2D eigenvalue weighted by atomic mass is 32.1. The maximum absolute atomic E-state index is 11.4. The summed E-state index contributed by atoms with van der Waals surface area (Å²) >= 11 is 1.33. The zero-order valence-corrected chi connectivity index (χ0v) is 12.5. The van der Waals surface area contributed by atoms with Crippen LogP contribution in [0.3, 0.4) is 0 Å². The lowest BCUT2D eigenvalue weighted by Gasteiger charge is -2.19. The van der Waals surface area contributed by atoms with Crippen LogP contribution in [0.1, 0.15) is 39.9 Å². The van der Waals surface area contributed by atoms with E-state index in [1.165, 1.54) is 18.6 Å². The fourth-order valence-electron chi connectivity index (χ4n) is 1.38. The molecule has 1 heterocycles. The fraction of sp³-hybridized carbons (Fsp3) is 0.750. The third kappa shape index (κ3) is 3.94. The molecule has 1 aromatic rings. The van der Waals surface area contributed by atoms with E-state index in [1.807, 2.05) is 4.90 Å². The van der Waals surface area contributed by atoms with Crippen molar-refractivity contribution in [2.45, 2.75) is 39.5 Å². The summed E-state index contributed by atoms with van der Waals surface area (Å²) in [6.07, 6.45) is 0.946. The van der Waals surface area contributed by atoms with Gasteiger partial charge < -0.3 is 9.64 Å². The Bertz CT molecular complexity index is 398. The number of carbonyl (C=O) groups excluding carboxylic acids is 1. The number of carbonyl (C=O) groups is 1. The van der Waals surface area contributed by atoms with E-state index in [2.05, 4.69) is 37.1 Å². The Hall–Kier alpha value is -1.17. The highest BCUT2D eigenvalue weighted by molar-refractivity contribution is 7.09. The molecule has 6 heteroatoms. The highest BCUT2D eigenvalue weighted by Crippen LogP contribution is 2.25. The van der Waals surface area contributed by atoms with Crippen molar-refractivity contribution in [1.82, 2.24) is 9.36 Å². The Morgan fingerprint density at radius 1 is 1.44 bits per heavy atom. The number of anilines is 1. The molecule has 0 radical (unpaired) electrons. The lowest BCUT2D eigenvalue weighted by molar-refractivity contribution is -0.138. The number of aromatic nitrogens is 2. The Morgan fingerprint density at radius 3 is 2.56 bits per heavy atom. The number of methoxy groups -OCH3 is 1. The van der Waals surface area contributed by atoms with E-state index in [4.69, 9.17) is 4.74 Å². The second-order valence-corrected chi connectivity index (χ2v) is 5.88. The van der Waals surface area contributed by atoms with E-state index < -0.39 is 0 Å². The number of esters is 1. The molecular weight excluding hydrogens is 250 g/mol. The first-order valence-electron chi connectivity index (χ1n) is 6.04. The van der Waals surface area contributed by atoms with E-state index in [0.29, 0.717) is 0 Å². The van der Waals surface area contributed by atoms with Crippen LogP contribution in [0, 0.1) is 0 Å². The van der Waals surface area contributed by atoms with Crippen molar-refractivity contribution in [3.63, 3.8) is 0 Å². The molecule has 0 N–H and O–H groups in total. The molecular formula is C12H21N3O2S. The molecule has 0 aromatic carbocycles. The van der Waals surface area contributed by atoms with Gasteiger partial charge in [-0.25, -0.2) is 4.98 Å². The summed E-state index contributed by atoms with van der Waals surface area (Å²) in [7, 11) is 1.40. The first kappa shape index (κ1) is 14.9. The lowest BCUT2D eigenvalue weighted by atomic mass is 9.96. The average Bonchev–Trinajstić information content (AvgIpc) is 2.77. The summed E-state index contributed by atoms with van der Waals surface area (Å²) < 4.78 is 9.06. The van der Waals surface area contributed by atoms with Crippen LogP contribution in [0.15, 0.2) is 0 Å². The second-order valence-electron chi connectivity index (χ2n) is 5.15. The predicted molar refractivity (Wildman–Crippen MR) is 73.1 cm³/mol. The average molecular weight is 271 g/mol. The molecule has 0 bridgehead atoms. The molecule has 0 aliphatic rings. The van der Waals surface area contributed by atoms with E-state index in [-0.39, 0.29) is 17.9 Å². The third-order valence-corrected chi connectivity index (χ3v) is 3.17. The van der Waals surface area contributed by atoms with Gasteiger partial charge in [0.05, 0.1) is 7.11 Å². The van der Waals surface area contributed by atoms with Crippen molar-refractivity contribution in [3.05, 3.63) is 5.82 Å². The van der Waals surface area contributed by atoms with Crippen molar-refractivity contribution in [2.24, 2.45) is 0 Å². The molecule has 18 heavy (non-hydrogen) atoms. The van der Waals surface area contributed by atoms with Crippen LogP contribution in [0.2, 0.25) is 0 Å². The van der Waals surface area contributed by atoms with Crippen LogP contribution >= 0.6 is 11.5 Å². The minimum Gasteiger partial charge on any atom is -0.468 e. The molecule has 0 saturated heterocycles. The number of hydrogen-bond acceptors (Lipinski definition) is 6. The van der Waals surface area contributed by atoms with Crippen molar-refractivity contribution >= 4 is 22.6 Å². The Morgan fingerprint density at radius 2 is 2.11 bits per heavy atom. The van der Waals surface area contributed by atoms with Crippen LogP contribution in [0.25, 0.3) is 0 Å². The quantitative estimate of drug-likeness (QED) is 0.769. The number of rotatable bonds is 5. The molecule has 1 rings (SSSR count). The van der Waals surface area contributed by atoms with Gasteiger partial charge in [0.15, 0.2) is 0 Å². The Kier molecular flexibility index (Phi) is 5.07. The largest absolute Gasteiger partial charge is 0.468 e. The maximum Gasteiger partial charge on any atom is 0.325 e. The maximum atomic E-state index is 11.4. The summed E-state index contributed by atoms with van der Waals surface area (Å²) in [5.74, 6) is 0.560. The van der Waals surface area contributed by atoms with E-state index >= 15 is 0 Å². The summed E-state index contributed by atoms with van der Waals surface area (Å²) in [5, 5.41) is 0.784. The minimum absolute atomic E-state index is 0.0715.